The Hall–Kier alpha value is -3.52. The normalized spacial score (nSPS) is 25.3. The summed E-state index contributed by atoms with van der Waals surface area (Å²) in [4.78, 5) is 37.1. The molecule has 6 fully saturated rings. The number of piperidine rings is 2. The number of benzene rings is 2. The molecule has 0 aromatic heterocycles. The number of alkyl carbamates (subject to hydrolysis) is 1. The maximum atomic E-state index is 15.0. The number of amides is 2. The first-order valence-electron chi connectivity index (χ1n) is 21.9. The van der Waals surface area contributed by atoms with E-state index in [1.54, 1.807) is 29.2 Å². The summed E-state index contributed by atoms with van der Waals surface area (Å²) in [6.07, 6.45) is 9.30. The van der Waals surface area contributed by atoms with Crippen molar-refractivity contribution in [3.8, 4) is 0 Å². The average molecular weight is 819 g/mol. The minimum absolute atomic E-state index is 0.00986. The van der Waals surface area contributed by atoms with E-state index in [1.807, 2.05) is 18.2 Å². The first-order chi connectivity index (χ1) is 28.0. The number of rotatable bonds is 14. The smallest absolute Gasteiger partial charge is 0.407 e. The number of likely N-dealkylation sites (tertiary alicyclic amines) is 4. The summed E-state index contributed by atoms with van der Waals surface area (Å²) in [7, 11) is -2.12. The van der Waals surface area contributed by atoms with E-state index in [0.29, 0.717) is 28.8 Å². The molecule has 1 N–H and O–H groups in total. The molecule has 58 heavy (non-hydrogen) atoms. The van der Waals surface area contributed by atoms with E-state index in [-0.39, 0.29) is 48.3 Å². The second-order valence-corrected chi connectivity index (χ2v) is 20.3. The number of anilines is 1. The minimum Gasteiger partial charge on any atom is -0.453 e. The Morgan fingerprint density at radius 3 is 2.21 bits per heavy atom. The average Bonchev–Trinajstić information content (AvgIpc) is 3.64. The Morgan fingerprint density at radius 2 is 1.55 bits per heavy atom. The molecule has 5 aliphatic heterocycles. The number of nitrogens with one attached hydrogen (secondary N) is 1. The largest absolute Gasteiger partial charge is 0.453 e. The van der Waals surface area contributed by atoms with Crippen LogP contribution in [0, 0.1) is 23.6 Å². The summed E-state index contributed by atoms with van der Waals surface area (Å²) in [6.45, 7) is 14.8. The van der Waals surface area contributed by atoms with Crippen LogP contribution in [-0.2, 0) is 24.8 Å². The molecule has 8 rings (SSSR count). The van der Waals surface area contributed by atoms with Gasteiger partial charge in [0.15, 0.2) is 9.84 Å². The molecule has 2 amide bonds. The summed E-state index contributed by atoms with van der Waals surface area (Å²) in [5.74, 6) is 0.749. The topological polar surface area (TPSA) is 106 Å². The number of carbonyl (C=O) groups excluding carboxylic acids is 2. The van der Waals surface area contributed by atoms with E-state index < -0.39 is 15.1 Å². The molecule has 0 unspecified atom stereocenters. The zero-order valence-corrected chi connectivity index (χ0v) is 35.1. The zero-order valence-electron chi connectivity index (χ0n) is 34.3. The zero-order chi connectivity index (χ0) is 40.4. The van der Waals surface area contributed by atoms with Crippen molar-refractivity contribution in [2.45, 2.75) is 79.4 Å². The van der Waals surface area contributed by atoms with Crippen molar-refractivity contribution in [3.05, 3.63) is 72.1 Å². The predicted molar refractivity (Wildman–Crippen MR) is 224 cm³/mol. The molecule has 0 radical (unpaired) electrons. The summed E-state index contributed by atoms with van der Waals surface area (Å²) in [5.41, 5.74) is 2.38. The third-order valence-electron chi connectivity index (χ3n) is 14.5. The summed E-state index contributed by atoms with van der Waals surface area (Å²) < 4.78 is 47.0. The lowest BCUT2D eigenvalue weighted by Crippen LogP contribution is -2.60. The van der Waals surface area contributed by atoms with Crippen molar-refractivity contribution in [1.82, 2.24) is 24.9 Å². The van der Waals surface area contributed by atoms with Crippen LogP contribution in [0.1, 0.15) is 63.4 Å². The lowest BCUT2D eigenvalue weighted by Gasteiger charge is -2.54. The molecule has 2 aromatic rings. The van der Waals surface area contributed by atoms with Gasteiger partial charge in [-0.15, -0.1) is 0 Å². The van der Waals surface area contributed by atoms with Crippen LogP contribution < -0.4 is 10.2 Å². The van der Waals surface area contributed by atoms with Gasteiger partial charge in [0, 0.05) is 74.4 Å². The first kappa shape index (κ1) is 41.2. The molecule has 11 nitrogen and oxygen atoms in total. The quantitative estimate of drug-likeness (QED) is 0.259. The summed E-state index contributed by atoms with van der Waals surface area (Å²) in [6, 6.07) is 14.6. The van der Waals surface area contributed by atoms with Gasteiger partial charge >= 0.3 is 6.09 Å². The molecule has 1 aliphatic carbocycles. The number of ether oxygens (including phenoxy) is 1. The van der Waals surface area contributed by atoms with Crippen LogP contribution in [0.4, 0.5) is 14.9 Å². The van der Waals surface area contributed by atoms with E-state index in [0.717, 1.165) is 122 Å². The number of hydrogen-bond donors (Lipinski definition) is 1. The molecule has 5 saturated heterocycles. The van der Waals surface area contributed by atoms with Gasteiger partial charge in [0.05, 0.1) is 12.0 Å². The van der Waals surface area contributed by atoms with Crippen LogP contribution >= 0.6 is 0 Å². The fourth-order valence-corrected chi connectivity index (χ4v) is 12.8. The van der Waals surface area contributed by atoms with E-state index in [9.17, 15) is 18.0 Å². The fourth-order valence-electron chi connectivity index (χ4n) is 11.1. The maximum Gasteiger partial charge on any atom is 0.407 e. The monoisotopic (exact) mass is 818 g/mol. The number of halogens is 1. The SMILES string of the molecule is C=C(CN1CCCCC1)C(=O)N1CC(S(=O)(=O)c2ccc(N3CC(CN4CCC([C@@](CN5CCC5)(c5cccc(F)c5)[C@H]5CCC[C@@H]5NC(=O)OC)CC4)C3)cc2)C1. The molecule has 2 aromatic carbocycles. The third-order valence-corrected chi connectivity index (χ3v) is 16.6. The van der Waals surface area contributed by atoms with Gasteiger partial charge < -0.3 is 29.7 Å². The standard InChI is InChI=1S/C45H63FN6O5S/c1-33(26-48-19-4-3-5-20-48)43(53)52-30-40(31-52)58(55,56)39-15-13-38(14-16-39)51-28-34(29-51)27-49-23-17-35(18-24-49)45(32-50-21-8-22-50,36-9-6-10-37(46)25-36)41-11-7-12-42(41)47-44(54)57-2/h6,9-10,13-16,25,34-35,40-42H,1,3-5,7-8,11-12,17-24,26-32H2,2H3,(H,47,54)/t41-,42-,45-/m0/s1. The molecule has 0 spiro atoms. The van der Waals surface area contributed by atoms with Crippen molar-refractivity contribution in [2.75, 3.05) is 97.1 Å². The Labute approximate surface area is 344 Å². The molecule has 1 saturated carbocycles. The van der Waals surface area contributed by atoms with Gasteiger partial charge in [-0.25, -0.2) is 17.6 Å². The third kappa shape index (κ3) is 8.56. The Balaban J connectivity index is 0.846. The van der Waals surface area contributed by atoms with Crippen molar-refractivity contribution in [1.29, 1.82) is 0 Å². The van der Waals surface area contributed by atoms with Crippen LogP contribution in [0.3, 0.4) is 0 Å². The molecule has 5 heterocycles. The number of hydrogen-bond acceptors (Lipinski definition) is 9. The predicted octanol–water partition coefficient (Wildman–Crippen LogP) is 5.17. The lowest BCUT2D eigenvalue weighted by atomic mass is 9.57. The second-order valence-electron chi connectivity index (χ2n) is 18.1. The highest BCUT2D eigenvalue weighted by atomic mass is 32.2. The minimum atomic E-state index is -3.54. The van der Waals surface area contributed by atoms with Crippen molar-refractivity contribution in [2.24, 2.45) is 17.8 Å². The van der Waals surface area contributed by atoms with Crippen LogP contribution in [0.25, 0.3) is 0 Å². The highest BCUT2D eigenvalue weighted by Gasteiger charge is 2.53. The Bertz CT molecular complexity index is 1880. The van der Waals surface area contributed by atoms with E-state index >= 15 is 4.39 Å². The molecular formula is C45H63FN6O5S. The fraction of sp³-hybridized carbons (Fsp3) is 0.644. The van der Waals surface area contributed by atoms with Gasteiger partial charge in [-0.3, -0.25) is 9.69 Å². The van der Waals surface area contributed by atoms with E-state index in [2.05, 4.69) is 37.6 Å². The van der Waals surface area contributed by atoms with Crippen LogP contribution in [0.2, 0.25) is 0 Å². The summed E-state index contributed by atoms with van der Waals surface area (Å²) >= 11 is 0. The van der Waals surface area contributed by atoms with Gasteiger partial charge in [-0.1, -0.05) is 31.6 Å². The lowest BCUT2D eigenvalue weighted by molar-refractivity contribution is -0.130. The highest BCUT2D eigenvalue weighted by Crippen LogP contribution is 2.51. The molecule has 13 heteroatoms. The molecule has 316 valence electrons. The van der Waals surface area contributed by atoms with Gasteiger partial charge in [-0.2, -0.15) is 0 Å². The molecule has 6 aliphatic rings. The number of sulfone groups is 1. The molecule has 3 atom stereocenters. The van der Waals surface area contributed by atoms with Crippen LogP contribution in [0.15, 0.2) is 65.6 Å². The van der Waals surface area contributed by atoms with Gasteiger partial charge in [0.1, 0.15) is 11.1 Å². The van der Waals surface area contributed by atoms with E-state index in [4.69, 9.17) is 4.74 Å². The van der Waals surface area contributed by atoms with E-state index in [1.165, 1.54) is 20.0 Å². The van der Waals surface area contributed by atoms with Crippen molar-refractivity contribution in [3.63, 3.8) is 0 Å². The van der Waals surface area contributed by atoms with Gasteiger partial charge in [0.2, 0.25) is 0 Å². The highest BCUT2D eigenvalue weighted by molar-refractivity contribution is 7.92. The van der Waals surface area contributed by atoms with Crippen LogP contribution in [-0.4, -0.2) is 144 Å². The molecular weight excluding hydrogens is 756 g/mol. The Kier molecular flexibility index (Phi) is 12.5. The van der Waals surface area contributed by atoms with Crippen molar-refractivity contribution < 1.29 is 27.1 Å². The van der Waals surface area contributed by atoms with Gasteiger partial charge in [0.25, 0.3) is 5.91 Å². The van der Waals surface area contributed by atoms with Crippen molar-refractivity contribution >= 4 is 27.5 Å². The molecule has 0 bridgehead atoms. The van der Waals surface area contributed by atoms with Gasteiger partial charge in [-0.05, 0) is 138 Å². The maximum absolute atomic E-state index is 15.0. The first-order valence-corrected chi connectivity index (χ1v) is 23.4. The Morgan fingerprint density at radius 1 is 0.845 bits per heavy atom. The number of carbonyl (C=O) groups is 2. The summed E-state index contributed by atoms with van der Waals surface area (Å²) in [5, 5.41) is 2.60. The second kappa shape index (κ2) is 17.6. The number of methoxy groups -OCH3 is 1. The van der Waals surface area contributed by atoms with Crippen LogP contribution in [0.5, 0.6) is 0 Å². The number of nitrogens with zero attached hydrogens (tertiary/aromatic N) is 5.